The Balaban J connectivity index is 2.38. The Kier molecular flexibility index (Phi) is 4.16. The van der Waals surface area contributed by atoms with Gasteiger partial charge in [0.15, 0.2) is 0 Å². The van der Waals surface area contributed by atoms with Crippen molar-refractivity contribution in [3.8, 4) is 5.75 Å². The first kappa shape index (κ1) is 14.4. The van der Waals surface area contributed by atoms with Crippen LogP contribution in [0, 0.1) is 18.8 Å². The molecule has 1 fully saturated rings. The normalized spacial score (nSPS) is 19.1. The van der Waals surface area contributed by atoms with Crippen molar-refractivity contribution in [1.29, 1.82) is 0 Å². The smallest absolute Gasteiger partial charge is 0.121 e. The summed E-state index contributed by atoms with van der Waals surface area (Å²) in [5.41, 5.74) is 2.34. The van der Waals surface area contributed by atoms with E-state index in [0.29, 0.717) is 19.1 Å². The van der Waals surface area contributed by atoms with E-state index >= 15 is 0 Å². The molecule has 0 aliphatic carbocycles. The van der Waals surface area contributed by atoms with Crippen LogP contribution in [0.3, 0.4) is 0 Å². The van der Waals surface area contributed by atoms with Gasteiger partial charge in [-0.3, -0.25) is 0 Å². The van der Waals surface area contributed by atoms with E-state index in [1.807, 2.05) is 6.07 Å². The van der Waals surface area contributed by atoms with Gasteiger partial charge in [-0.15, -0.1) is 0 Å². The van der Waals surface area contributed by atoms with Gasteiger partial charge in [-0.2, -0.15) is 0 Å². The van der Waals surface area contributed by atoms with Crippen LogP contribution in [-0.4, -0.2) is 32.0 Å². The minimum atomic E-state index is -0.0417. The van der Waals surface area contributed by atoms with Crippen molar-refractivity contribution < 1.29 is 14.6 Å². The Hall–Kier alpha value is -1.06. The average Bonchev–Trinajstić information content (AvgIpc) is 2.32. The molecule has 1 aromatic rings. The lowest BCUT2D eigenvalue weighted by Crippen LogP contribution is -2.55. The standard InChI is InChI=1S/C16H24O3/c1-11(2)14(8-17)16(9-19-10-16)13-5-6-15(18-4)12(3)7-13/h5-7,11,14,17H,8-10H2,1-4H3. The van der Waals surface area contributed by atoms with Gasteiger partial charge in [-0.05, 0) is 36.0 Å². The number of benzene rings is 1. The maximum absolute atomic E-state index is 9.75. The van der Waals surface area contributed by atoms with Crippen LogP contribution in [0.2, 0.25) is 0 Å². The highest BCUT2D eigenvalue weighted by molar-refractivity contribution is 5.41. The second-order valence-electron chi connectivity index (χ2n) is 5.87. The third kappa shape index (κ3) is 2.37. The summed E-state index contributed by atoms with van der Waals surface area (Å²) in [5.74, 6) is 1.56. The maximum atomic E-state index is 9.75. The van der Waals surface area contributed by atoms with E-state index in [1.54, 1.807) is 7.11 Å². The van der Waals surface area contributed by atoms with Gasteiger partial charge in [0, 0.05) is 12.0 Å². The summed E-state index contributed by atoms with van der Waals surface area (Å²) in [4.78, 5) is 0. The Morgan fingerprint density at radius 2 is 2.05 bits per heavy atom. The average molecular weight is 264 g/mol. The number of rotatable bonds is 5. The van der Waals surface area contributed by atoms with Gasteiger partial charge in [-0.1, -0.05) is 26.0 Å². The Labute approximate surface area is 115 Å². The van der Waals surface area contributed by atoms with Crippen LogP contribution in [0.25, 0.3) is 0 Å². The Bertz CT molecular complexity index is 436. The molecule has 1 N–H and O–H groups in total. The number of ether oxygens (including phenoxy) is 2. The van der Waals surface area contributed by atoms with E-state index in [0.717, 1.165) is 11.3 Å². The molecule has 1 atom stereocenters. The molecule has 0 bridgehead atoms. The molecule has 0 saturated carbocycles. The van der Waals surface area contributed by atoms with E-state index in [2.05, 4.69) is 32.9 Å². The first-order valence-electron chi connectivity index (χ1n) is 6.89. The zero-order valence-corrected chi connectivity index (χ0v) is 12.3. The first-order chi connectivity index (χ1) is 9.05. The molecule has 1 saturated heterocycles. The second kappa shape index (κ2) is 5.51. The summed E-state index contributed by atoms with van der Waals surface area (Å²) in [5, 5.41) is 9.75. The fourth-order valence-electron chi connectivity index (χ4n) is 3.13. The molecular weight excluding hydrogens is 240 g/mol. The molecule has 3 heteroatoms. The van der Waals surface area contributed by atoms with Crippen LogP contribution in [0.15, 0.2) is 18.2 Å². The number of aliphatic hydroxyl groups excluding tert-OH is 1. The topological polar surface area (TPSA) is 38.7 Å². The van der Waals surface area contributed by atoms with Crippen LogP contribution < -0.4 is 4.74 Å². The zero-order valence-electron chi connectivity index (χ0n) is 12.3. The summed E-state index contributed by atoms with van der Waals surface area (Å²) < 4.78 is 10.8. The molecule has 0 spiro atoms. The van der Waals surface area contributed by atoms with Crippen LogP contribution in [-0.2, 0) is 10.2 Å². The van der Waals surface area contributed by atoms with Crippen LogP contribution in [0.1, 0.15) is 25.0 Å². The summed E-state index contributed by atoms with van der Waals surface area (Å²) in [6.45, 7) is 7.98. The van der Waals surface area contributed by atoms with E-state index in [9.17, 15) is 5.11 Å². The third-order valence-electron chi connectivity index (χ3n) is 4.40. The summed E-state index contributed by atoms with van der Waals surface area (Å²) >= 11 is 0. The van der Waals surface area contributed by atoms with Crippen molar-refractivity contribution in [3.05, 3.63) is 29.3 Å². The fourth-order valence-corrected chi connectivity index (χ4v) is 3.13. The van der Waals surface area contributed by atoms with E-state index in [4.69, 9.17) is 9.47 Å². The summed E-state index contributed by atoms with van der Waals surface area (Å²) in [7, 11) is 1.69. The molecule has 0 radical (unpaired) electrons. The third-order valence-corrected chi connectivity index (χ3v) is 4.40. The SMILES string of the molecule is COc1ccc(C2(C(CO)C(C)C)COC2)cc1C. The van der Waals surface area contributed by atoms with Gasteiger partial charge < -0.3 is 14.6 Å². The molecule has 106 valence electrons. The second-order valence-corrected chi connectivity index (χ2v) is 5.87. The highest BCUT2D eigenvalue weighted by Crippen LogP contribution is 2.43. The molecule has 1 heterocycles. The molecule has 0 aromatic heterocycles. The summed E-state index contributed by atoms with van der Waals surface area (Å²) in [6, 6.07) is 6.30. The maximum Gasteiger partial charge on any atom is 0.121 e. The largest absolute Gasteiger partial charge is 0.496 e. The van der Waals surface area contributed by atoms with Crippen molar-refractivity contribution in [2.24, 2.45) is 11.8 Å². The lowest BCUT2D eigenvalue weighted by molar-refractivity contribution is -0.111. The van der Waals surface area contributed by atoms with E-state index in [1.165, 1.54) is 5.56 Å². The molecular formula is C16H24O3. The lowest BCUT2D eigenvalue weighted by Gasteiger charge is -2.49. The van der Waals surface area contributed by atoms with Gasteiger partial charge in [0.05, 0.1) is 20.3 Å². The quantitative estimate of drug-likeness (QED) is 0.888. The molecule has 3 nitrogen and oxygen atoms in total. The van der Waals surface area contributed by atoms with Gasteiger partial charge in [-0.25, -0.2) is 0 Å². The number of methoxy groups -OCH3 is 1. The summed E-state index contributed by atoms with van der Waals surface area (Å²) in [6.07, 6.45) is 0. The molecule has 2 rings (SSSR count). The monoisotopic (exact) mass is 264 g/mol. The molecule has 1 unspecified atom stereocenters. The highest BCUT2D eigenvalue weighted by Gasteiger charge is 2.47. The van der Waals surface area contributed by atoms with Crippen molar-refractivity contribution in [2.45, 2.75) is 26.2 Å². The molecule has 19 heavy (non-hydrogen) atoms. The van der Waals surface area contributed by atoms with Crippen molar-refractivity contribution in [3.63, 3.8) is 0 Å². The number of hydrogen-bond donors (Lipinski definition) is 1. The first-order valence-corrected chi connectivity index (χ1v) is 6.89. The van der Waals surface area contributed by atoms with Crippen LogP contribution in [0.5, 0.6) is 5.75 Å². The van der Waals surface area contributed by atoms with E-state index < -0.39 is 0 Å². The predicted molar refractivity (Wildman–Crippen MR) is 75.6 cm³/mol. The Morgan fingerprint density at radius 3 is 2.42 bits per heavy atom. The lowest BCUT2D eigenvalue weighted by atomic mass is 9.65. The number of aliphatic hydroxyl groups is 1. The van der Waals surface area contributed by atoms with Crippen LogP contribution >= 0.6 is 0 Å². The highest BCUT2D eigenvalue weighted by atomic mass is 16.5. The van der Waals surface area contributed by atoms with Gasteiger partial charge >= 0.3 is 0 Å². The minimum Gasteiger partial charge on any atom is -0.496 e. The van der Waals surface area contributed by atoms with Crippen molar-refractivity contribution in [2.75, 3.05) is 26.9 Å². The van der Waals surface area contributed by atoms with Crippen LogP contribution in [0.4, 0.5) is 0 Å². The molecule has 1 aliphatic rings. The van der Waals surface area contributed by atoms with Crippen molar-refractivity contribution >= 4 is 0 Å². The molecule has 0 amide bonds. The minimum absolute atomic E-state index is 0.0417. The number of aryl methyl sites for hydroxylation is 1. The number of hydrogen-bond acceptors (Lipinski definition) is 3. The van der Waals surface area contributed by atoms with Crippen molar-refractivity contribution in [1.82, 2.24) is 0 Å². The Morgan fingerprint density at radius 1 is 1.37 bits per heavy atom. The van der Waals surface area contributed by atoms with Gasteiger partial charge in [0.1, 0.15) is 5.75 Å². The predicted octanol–water partition coefficient (Wildman–Crippen LogP) is 2.54. The van der Waals surface area contributed by atoms with Gasteiger partial charge in [0.25, 0.3) is 0 Å². The molecule has 1 aromatic carbocycles. The van der Waals surface area contributed by atoms with Gasteiger partial charge in [0.2, 0.25) is 0 Å². The molecule has 1 aliphatic heterocycles. The van der Waals surface area contributed by atoms with E-state index in [-0.39, 0.29) is 17.9 Å². The zero-order chi connectivity index (χ0) is 14.0. The fraction of sp³-hybridized carbons (Fsp3) is 0.625.